The summed E-state index contributed by atoms with van der Waals surface area (Å²) in [5.74, 6) is -2.30. The van der Waals surface area contributed by atoms with Crippen LogP contribution in [0.4, 0.5) is 0 Å². The Morgan fingerprint density at radius 3 is 2.69 bits per heavy atom. The number of hydrogen-bond acceptors (Lipinski definition) is 4. The minimum atomic E-state index is -3.77. The monoisotopic (exact) mass is 247 g/mol. The van der Waals surface area contributed by atoms with Gasteiger partial charge >= 0.3 is 5.97 Å². The number of aliphatic carboxylic acids is 1. The quantitative estimate of drug-likeness (QED) is 0.711. The first-order valence-electron chi connectivity index (χ1n) is 4.48. The highest BCUT2D eigenvalue weighted by Gasteiger charge is 2.15. The van der Waals surface area contributed by atoms with Crippen LogP contribution in [0.3, 0.4) is 0 Å². The van der Waals surface area contributed by atoms with E-state index in [1.807, 2.05) is 0 Å². The fourth-order valence-corrected chi connectivity index (χ4v) is 1.92. The van der Waals surface area contributed by atoms with E-state index < -0.39 is 21.7 Å². The highest BCUT2D eigenvalue weighted by atomic mass is 32.2. The lowest BCUT2D eigenvalue weighted by atomic mass is 10.3. The number of aromatic nitrogens is 2. The molecule has 2 N–H and O–H groups in total. The zero-order valence-corrected chi connectivity index (χ0v) is 9.78. The van der Waals surface area contributed by atoms with Crippen molar-refractivity contribution in [1.29, 1.82) is 0 Å². The van der Waals surface area contributed by atoms with Crippen LogP contribution in [0.15, 0.2) is 6.20 Å². The molecule has 16 heavy (non-hydrogen) atoms. The van der Waals surface area contributed by atoms with Crippen molar-refractivity contribution >= 4 is 16.0 Å². The molecule has 1 heterocycles. The molecule has 0 bridgehead atoms. The molecule has 1 aromatic heterocycles. The topological polar surface area (TPSA) is 101 Å². The van der Waals surface area contributed by atoms with Gasteiger partial charge in [-0.15, -0.1) is 0 Å². The lowest BCUT2D eigenvalue weighted by molar-refractivity contribution is -0.134. The van der Waals surface area contributed by atoms with Gasteiger partial charge in [0.25, 0.3) is 0 Å². The molecule has 0 unspecified atom stereocenters. The van der Waals surface area contributed by atoms with E-state index in [0.717, 1.165) is 11.3 Å². The van der Waals surface area contributed by atoms with Gasteiger partial charge in [0.1, 0.15) is 0 Å². The summed E-state index contributed by atoms with van der Waals surface area (Å²) in [6.45, 7) is 1.85. The average Bonchev–Trinajstić information content (AvgIpc) is 2.43. The Morgan fingerprint density at radius 1 is 1.62 bits per heavy atom. The van der Waals surface area contributed by atoms with Gasteiger partial charge in [-0.2, -0.15) is 5.10 Å². The Kier molecular flexibility index (Phi) is 3.66. The lowest BCUT2D eigenvalue weighted by Gasteiger charge is -2.03. The number of carboxylic acids is 1. The Morgan fingerprint density at radius 2 is 2.25 bits per heavy atom. The van der Waals surface area contributed by atoms with Gasteiger partial charge in [-0.1, -0.05) is 0 Å². The second kappa shape index (κ2) is 4.62. The van der Waals surface area contributed by atoms with Gasteiger partial charge in [0.05, 0.1) is 6.20 Å². The third kappa shape index (κ3) is 3.31. The molecule has 90 valence electrons. The Labute approximate surface area is 93.1 Å². The zero-order chi connectivity index (χ0) is 12.3. The first-order valence-corrected chi connectivity index (χ1v) is 6.13. The van der Waals surface area contributed by atoms with Crippen molar-refractivity contribution in [1.82, 2.24) is 14.5 Å². The number of nitrogens with one attached hydrogen (secondary N) is 1. The van der Waals surface area contributed by atoms with Crippen LogP contribution >= 0.6 is 0 Å². The van der Waals surface area contributed by atoms with Crippen LogP contribution in [0, 0.1) is 6.92 Å². The molecular weight excluding hydrogens is 234 g/mol. The standard InChI is InChI=1S/C8H13N3O4S/c1-6-7(3-9-11(6)2)4-10-16(14,15)5-8(12)13/h3,10H,4-5H2,1-2H3,(H,12,13). The van der Waals surface area contributed by atoms with Crippen LogP contribution in [-0.4, -0.2) is 35.0 Å². The summed E-state index contributed by atoms with van der Waals surface area (Å²) in [7, 11) is -2.03. The molecule has 0 aliphatic carbocycles. The van der Waals surface area contributed by atoms with E-state index in [-0.39, 0.29) is 6.54 Å². The van der Waals surface area contributed by atoms with E-state index in [2.05, 4.69) is 9.82 Å². The largest absolute Gasteiger partial charge is 0.480 e. The fourth-order valence-electron chi connectivity index (χ4n) is 1.12. The van der Waals surface area contributed by atoms with Gasteiger partial charge in [-0.25, -0.2) is 13.1 Å². The van der Waals surface area contributed by atoms with Gasteiger partial charge in [0.15, 0.2) is 5.75 Å². The predicted molar refractivity (Wildman–Crippen MR) is 56.2 cm³/mol. The van der Waals surface area contributed by atoms with Gasteiger partial charge in [0, 0.05) is 24.8 Å². The normalized spacial score (nSPS) is 11.6. The smallest absolute Gasteiger partial charge is 0.320 e. The maximum atomic E-state index is 11.2. The van der Waals surface area contributed by atoms with Gasteiger partial charge in [-0.05, 0) is 6.92 Å². The van der Waals surface area contributed by atoms with Crippen LogP contribution in [0.1, 0.15) is 11.3 Å². The number of carbonyl (C=O) groups is 1. The first kappa shape index (κ1) is 12.7. The Balaban J connectivity index is 2.65. The van der Waals surface area contributed by atoms with Crippen LogP contribution in [0.5, 0.6) is 0 Å². The number of hydrogen-bond donors (Lipinski definition) is 2. The van der Waals surface area contributed by atoms with Gasteiger partial charge in [0.2, 0.25) is 10.0 Å². The van der Waals surface area contributed by atoms with E-state index in [4.69, 9.17) is 5.11 Å². The molecule has 0 aliphatic rings. The Hall–Kier alpha value is -1.41. The van der Waals surface area contributed by atoms with E-state index in [1.54, 1.807) is 24.9 Å². The summed E-state index contributed by atoms with van der Waals surface area (Å²) in [4.78, 5) is 10.3. The maximum Gasteiger partial charge on any atom is 0.320 e. The molecule has 1 aromatic rings. The second-order valence-corrected chi connectivity index (χ2v) is 5.16. The summed E-state index contributed by atoms with van der Waals surface area (Å²) in [5, 5.41) is 12.3. The molecule has 0 saturated carbocycles. The molecule has 0 aromatic carbocycles. The van der Waals surface area contributed by atoms with Crippen molar-refractivity contribution in [3.05, 3.63) is 17.5 Å². The van der Waals surface area contributed by atoms with E-state index in [9.17, 15) is 13.2 Å². The van der Waals surface area contributed by atoms with Crippen LogP contribution in [0.25, 0.3) is 0 Å². The number of carboxylic acid groups (broad SMARTS) is 1. The van der Waals surface area contributed by atoms with E-state index in [0.29, 0.717) is 0 Å². The Bertz CT molecular complexity index is 491. The second-order valence-electron chi connectivity index (χ2n) is 3.35. The molecule has 0 fully saturated rings. The summed E-state index contributed by atoms with van der Waals surface area (Å²) >= 11 is 0. The van der Waals surface area contributed by atoms with Crippen LogP contribution in [0.2, 0.25) is 0 Å². The molecule has 0 aliphatic heterocycles. The number of nitrogens with zero attached hydrogens (tertiary/aromatic N) is 2. The molecule has 8 heteroatoms. The zero-order valence-electron chi connectivity index (χ0n) is 8.97. The maximum absolute atomic E-state index is 11.2. The number of sulfonamides is 1. The number of aryl methyl sites for hydroxylation is 1. The third-order valence-electron chi connectivity index (χ3n) is 2.13. The van der Waals surface area contributed by atoms with E-state index >= 15 is 0 Å². The fraction of sp³-hybridized carbons (Fsp3) is 0.500. The van der Waals surface area contributed by atoms with Crippen molar-refractivity contribution in [3.8, 4) is 0 Å². The summed E-state index contributed by atoms with van der Waals surface area (Å²) in [5.41, 5.74) is 1.55. The molecule has 0 spiro atoms. The van der Waals surface area contributed by atoms with Crippen molar-refractivity contribution in [2.45, 2.75) is 13.5 Å². The van der Waals surface area contributed by atoms with Crippen molar-refractivity contribution in [2.24, 2.45) is 7.05 Å². The van der Waals surface area contributed by atoms with Crippen molar-refractivity contribution in [3.63, 3.8) is 0 Å². The molecular formula is C8H13N3O4S. The van der Waals surface area contributed by atoms with Crippen LogP contribution < -0.4 is 4.72 Å². The highest BCUT2D eigenvalue weighted by molar-refractivity contribution is 7.90. The van der Waals surface area contributed by atoms with Gasteiger partial charge < -0.3 is 5.11 Å². The molecule has 0 radical (unpaired) electrons. The first-order chi connectivity index (χ1) is 7.32. The molecule has 0 saturated heterocycles. The SMILES string of the molecule is Cc1c(CNS(=O)(=O)CC(=O)O)cnn1C. The summed E-state index contributed by atoms with van der Waals surface area (Å²) in [6, 6.07) is 0. The van der Waals surface area contributed by atoms with Gasteiger partial charge in [-0.3, -0.25) is 9.48 Å². The third-order valence-corrected chi connectivity index (χ3v) is 3.34. The highest BCUT2D eigenvalue weighted by Crippen LogP contribution is 2.05. The van der Waals surface area contributed by atoms with Crippen molar-refractivity contribution in [2.75, 3.05) is 5.75 Å². The lowest BCUT2D eigenvalue weighted by Crippen LogP contribution is -2.29. The summed E-state index contributed by atoms with van der Waals surface area (Å²) in [6.07, 6.45) is 1.54. The van der Waals surface area contributed by atoms with Crippen molar-refractivity contribution < 1.29 is 18.3 Å². The molecule has 0 amide bonds. The molecule has 0 atom stereocenters. The van der Waals surface area contributed by atoms with Crippen LogP contribution in [-0.2, 0) is 28.4 Å². The molecule has 7 nitrogen and oxygen atoms in total. The average molecular weight is 247 g/mol. The molecule has 1 rings (SSSR count). The predicted octanol–water partition coefficient (Wildman–Crippen LogP) is -0.767. The minimum absolute atomic E-state index is 0.0509. The minimum Gasteiger partial charge on any atom is -0.480 e. The van der Waals surface area contributed by atoms with E-state index in [1.165, 1.54) is 0 Å². The number of rotatable bonds is 5. The summed E-state index contributed by atoms with van der Waals surface area (Å²) < 4.78 is 26.2.